The van der Waals surface area contributed by atoms with Gasteiger partial charge in [0, 0.05) is 12.1 Å². The molecule has 0 aliphatic heterocycles. The van der Waals surface area contributed by atoms with Gasteiger partial charge in [-0.2, -0.15) is 10.2 Å². The number of hydrogen-bond donors (Lipinski definition) is 2. The summed E-state index contributed by atoms with van der Waals surface area (Å²) in [7, 11) is 0. The second-order valence-corrected chi connectivity index (χ2v) is 11.9. The van der Waals surface area contributed by atoms with Crippen molar-refractivity contribution in [1.82, 2.24) is 10.6 Å². The number of unbranched alkanes of at least 4 members (excludes halogenated alkanes) is 15. The van der Waals surface area contributed by atoms with E-state index in [4.69, 9.17) is 0 Å². The van der Waals surface area contributed by atoms with Crippen LogP contribution >= 0.6 is 0 Å². The summed E-state index contributed by atoms with van der Waals surface area (Å²) < 4.78 is 0. The monoisotopic (exact) mass is 576 g/mol. The van der Waals surface area contributed by atoms with Gasteiger partial charge in [-0.3, -0.25) is 9.59 Å². The Hall–Kier alpha value is -3.02. The highest BCUT2D eigenvalue weighted by Crippen LogP contribution is 2.19. The summed E-state index contributed by atoms with van der Waals surface area (Å²) in [6, 6.07) is 15.8. The molecule has 1 unspecified atom stereocenters. The zero-order valence-electron chi connectivity index (χ0n) is 26.6. The van der Waals surface area contributed by atoms with Crippen molar-refractivity contribution in [2.24, 2.45) is 16.1 Å². The Balaban J connectivity index is 1.54. The molecule has 0 bridgehead atoms. The molecule has 42 heavy (non-hydrogen) atoms. The fourth-order valence-electron chi connectivity index (χ4n) is 5.04. The van der Waals surface area contributed by atoms with E-state index in [2.05, 4.69) is 27.8 Å². The number of nitrogens with one attached hydrogen (secondary N) is 2. The number of rotatable bonds is 23. The summed E-state index contributed by atoms with van der Waals surface area (Å²) in [5.74, 6) is -0.399. The van der Waals surface area contributed by atoms with Gasteiger partial charge in [0.15, 0.2) is 0 Å². The molecule has 2 N–H and O–H groups in total. The van der Waals surface area contributed by atoms with E-state index in [1.54, 1.807) is 24.3 Å². The third-order valence-corrected chi connectivity index (χ3v) is 7.73. The van der Waals surface area contributed by atoms with Crippen molar-refractivity contribution in [2.45, 2.75) is 130 Å². The SMILES string of the molecule is CCCCCCCCCCCCCCCCCCNC(=O)C(NC(=O)c1ccc(N=Nc2ccccc2)cc1)C(C)C. The molecule has 0 saturated carbocycles. The van der Waals surface area contributed by atoms with Crippen LogP contribution in [0.4, 0.5) is 11.4 Å². The average molecular weight is 577 g/mol. The van der Waals surface area contributed by atoms with Crippen LogP contribution in [0.25, 0.3) is 0 Å². The number of carbonyl (C=O) groups excluding carboxylic acids is 2. The smallest absolute Gasteiger partial charge is 0.251 e. The number of amides is 2. The van der Waals surface area contributed by atoms with E-state index in [0.717, 1.165) is 18.5 Å². The summed E-state index contributed by atoms with van der Waals surface area (Å²) in [4.78, 5) is 25.7. The summed E-state index contributed by atoms with van der Waals surface area (Å²) in [6.45, 7) is 6.83. The highest BCUT2D eigenvalue weighted by molar-refractivity contribution is 5.97. The maximum atomic E-state index is 12.8. The van der Waals surface area contributed by atoms with E-state index < -0.39 is 6.04 Å². The van der Waals surface area contributed by atoms with Crippen LogP contribution in [-0.4, -0.2) is 24.4 Å². The predicted octanol–water partition coefficient (Wildman–Crippen LogP) is 10.2. The number of nitrogens with zero attached hydrogens (tertiary/aromatic N) is 2. The summed E-state index contributed by atoms with van der Waals surface area (Å²) >= 11 is 0. The van der Waals surface area contributed by atoms with E-state index in [0.29, 0.717) is 17.8 Å². The first-order valence-electron chi connectivity index (χ1n) is 16.7. The Labute approximate surface area is 255 Å². The summed E-state index contributed by atoms with van der Waals surface area (Å²) in [6.07, 6.45) is 21.3. The molecule has 0 spiro atoms. The van der Waals surface area contributed by atoms with Crippen LogP contribution in [0.1, 0.15) is 134 Å². The fourth-order valence-corrected chi connectivity index (χ4v) is 5.04. The van der Waals surface area contributed by atoms with E-state index in [-0.39, 0.29) is 17.7 Å². The molecule has 0 aromatic heterocycles. The molecule has 0 saturated heterocycles. The van der Waals surface area contributed by atoms with Crippen molar-refractivity contribution >= 4 is 23.2 Å². The number of azo groups is 1. The second-order valence-electron chi connectivity index (χ2n) is 11.9. The predicted molar refractivity (Wildman–Crippen MR) is 176 cm³/mol. The van der Waals surface area contributed by atoms with Crippen LogP contribution in [0.15, 0.2) is 64.8 Å². The van der Waals surface area contributed by atoms with Gasteiger partial charge in [-0.15, -0.1) is 0 Å². The van der Waals surface area contributed by atoms with Crippen molar-refractivity contribution in [1.29, 1.82) is 0 Å². The average Bonchev–Trinajstić information content (AvgIpc) is 3.00. The molecule has 2 aromatic rings. The molecule has 2 amide bonds. The molecule has 1 atom stereocenters. The first-order valence-corrected chi connectivity index (χ1v) is 16.7. The van der Waals surface area contributed by atoms with Crippen LogP contribution in [0.3, 0.4) is 0 Å². The van der Waals surface area contributed by atoms with Gasteiger partial charge >= 0.3 is 0 Å². The lowest BCUT2D eigenvalue weighted by Crippen LogP contribution is -2.49. The van der Waals surface area contributed by atoms with E-state index in [9.17, 15) is 9.59 Å². The molecule has 0 aliphatic rings. The highest BCUT2D eigenvalue weighted by atomic mass is 16.2. The van der Waals surface area contributed by atoms with Crippen LogP contribution in [0, 0.1) is 5.92 Å². The van der Waals surface area contributed by atoms with E-state index >= 15 is 0 Å². The Morgan fingerprint density at radius 2 is 1.07 bits per heavy atom. The number of hydrogen-bond acceptors (Lipinski definition) is 4. The molecule has 0 fully saturated rings. The van der Waals surface area contributed by atoms with Gasteiger partial charge in [-0.1, -0.05) is 135 Å². The molecule has 0 aliphatic carbocycles. The third kappa shape index (κ3) is 15.8. The molecular weight excluding hydrogens is 520 g/mol. The molecule has 6 heteroatoms. The Kier molecular flexibility index (Phi) is 18.9. The Bertz CT molecular complexity index is 1000. The van der Waals surface area contributed by atoms with Crippen molar-refractivity contribution < 1.29 is 9.59 Å². The van der Waals surface area contributed by atoms with Gasteiger partial charge in [-0.25, -0.2) is 0 Å². The van der Waals surface area contributed by atoms with Crippen LogP contribution in [0.2, 0.25) is 0 Å². The fraction of sp³-hybridized carbons (Fsp3) is 0.611. The minimum absolute atomic E-state index is 0.0151. The van der Waals surface area contributed by atoms with Crippen molar-refractivity contribution in [3.63, 3.8) is 0 Å². The summed E-state index contributed by atoms with van der Waals surface area (Å²) in [5, 5.41) is 14.4. The maximum absolute atomic E-state index is 12.8. The molecule has 6 nitrogen and oxygen atoms in total. The Morgan fingerprint density at radius 3 is 1.55 bits per heavy atom. The Morgan fingerprint density at radius 1 is 0.619 bits per heavy atom. The first-order chi connectivity index (χ1) is 20.5. The molecule has 2 rings (SSSR count). The van der Waals surface area contributed by atoms with Crippen LogP contribution in [-0.2, 0) is 4.79 Å². The lowest BCUT2D eigenvalue weighted by molar-refractivity contribution is -0.123. The normalized spacial score (nSPS) is 12.1. The van der Waals surface area contributed by atoms with Gasteiger partial charge in [0.05, 0.1) is 11.4 Å². The number of carbonyl (C=O) groups is 2. The van der Waals surface area contributed by atoms with E-state index in [1.165, 1.54) is 89.9 Å². The largest absolute Gasteiger partial charge is 0.354 e. The second kappa shape index (κ2) is 22.6. The van der Waals surface area contributed by atoms with Gasteiger partial charge in [0.25, 0.3) is 5.91 Å². The lowest BCUT2D eigenvalue weighted by Gasteiger charge is -2.21. The van der Waals surface area contributed by atoms with Gasteiger partial charge < -0.3 is 10.6 Å². The van der Waals surface area contributed by atoms with Gasteiger partial charge in [0.1, 0.15) is 6.04 Å². The maximum Gasteiger partial charge on any atom is 0.251 e. The van der Waals surface area contributed by atoms with Crippen LogP contribution in [0.5, 0.6) is 0 Å². The van der Waals surface area contributed by atoms with Crippen LogP contribution < -0.4 is 10.6 Å². The molecule has 0 radical (unpaired) electrons. The minimum Gasteiger partial charge on any atom is -0.354 e. The van der Waals surface area contributed by atoms with Gasteiger partial charge in [-0.05, 0) is 48.7 Å². The standard InChI is InChI=1S/C36H56N4O2/c1-4-5-6-7-8-9-10-11-12-13-14-15-16-17-18-22-29-37-36(42)34(30(2)3)38-35(41)31-25-27-33(28-26-31)40-39-32-23-20-19-21-24-32/h19-21,23-28,30,34H,4-18,22,29H2,1-3H3,(H,37,42)(H,38,41). The van der Waals surface area contributed by atoms with Crippen molar-refractivity contribution in [2.75, 3.05) is 6.54 Å². The third-order valence-electron chi connectivity index (χ3n) is 7.73. The zero-order chi connectivity index (χ0) is 30.3. The quantitative estimate of drug-likeness (QED) is 0.102. The number of benzene rings is 2. The minimum atomic E-state index is -0.573. The zero-order valence-corrected chi connectivity index (χ0v) is 26.6. The topological polar surface area (TPSA) is 82.9 Å². The lowest BCUT2D eigenvalue weighted by atomic mass is 10.0. The molecule has 2 aromatic carbocycles. The molecule has 0 heterocycles. The van der Waals surface area contributed by atoms with E-state index in [1.807, 2.05) is 44.2 Å². The molecular formula is C36H56N4O2. The summed E-state index contributed by atoms with van der Waals surface area (Å²) in [5.41, 5.74) is 1.92. The molecule has 232 valence electrons. The van der Waals surface area contributed by atoms with Gasteiger partial charge in [0.2, 0.25) is 5.91 Å². The van der Waals surface area contributed by atoms with Crippen molar-refractivity contribution in [3.8, 4) is 0 Å². The highest BCUT2D eigenvalue weighted by Gasteiger charge is 2.24. The van der Waals surface area contributed by atoms with Crippen molar-refractivity contribution in [3.05, 3.63) is 60.2 Å². The first kappa shape index (κ1) is 35.2.